The van der Waals surface area contributed by atoms with E-state index in [0.29, 0.717) is 19.1 Å². The number of aliphatic hydroxyl groups excluding tert-OH is 1. The van der Waals surface area contributed by atoms with Gasteiger partial charge in [0.1, 0.15) is 18.5 Å². The molecule has 1 aliphatic carbocycles. The van der Waals surface area contributed by atoms with Gasteiger partial charge in [-0.25, -0.2) is 0 Å². The third kappa shape index (κ3) is 5.32. The van der Waals surface area contributed by atoms with Gasteiger partial charge in [0.05, 0.1) is 6.61 Å². The summed E-state index contributed by atoms with van der Waals surface area (Å²) in [5.41, 5.74) is 5.32. The molecule has 2 aromatic carbocycles. The van der Waals surface area contributed by atoms with Crippen molar-refractivity contribution in [2.24, 2.45) is 0 Å². The average Bonchev–Trinajstić information content (AvgIpc) is 3.14. The molecule has 31 heavy (non-hydrogen) atoms. The fourth-order valence-electron chi connectivity index (χ4n) is 4.51. The Balaban J connectivity index is 1.41. The lowest BCUT2D eigenvalue weighted by Gasteiger charge is -2.23. The second kappa shape index (κ2) is 10.2. The first-order chi connectivity index (χ1) is 15.0. The van der Waals surface area contributed by atoms with E-state index in [2.05, 4.69) is 51.2 Å². The van der Waals surface area contributed by atoms with Gasteiger partial charge in [-0.1, -0.05) is 28.1 Å². The zero-order chi connectivity index (χ0) is 21.8. The SMILES string of the molecule is COCCN(C)CC(O)COc1ccc(C2CCCc3c2[nH]c2ccc(Br)cc32)cc1. The summed E-state index contributed by atoms with van der Waals surface area (Å²) in [7, 11) is 3.65. The number of aromatic amines is 1. The number of likely N-dealkylation sites (N-methyl/N-ethyl adjacent to an activating group) is 1. The van der Waals surface area contributed by atoms with E-state index in [9.17, 15) is 5.11 Å². The number of methoxy groups -OCH3 is 1. The van der Waals surface area contributed by atoms with Crippen molar-refractivity contribution in [1.29, 1.82) is 0 Å². The lowest BCUT2D eigenvalue weighted by Crippen LogP contribution is -2.34. The number of benzene rings is 2. The minimum absolute atomic E-state index is 0.279. The highest BCUT2D eigenvalue weighted by atomic mass is 79.9. The molecular formula is C25H31BrN2O3. The summed E-state index contributed by atoms with van der Waals surface area (Å²) in [5, 5.41) is 11.6. The zero-order valence-electron chi connectivity index (χ0n) is 18.2. The van der Waals surface area contributed by atoms with Crippen molar-refractivity contribution in [2.45, 2.75) is 31.3 Å². The summed E-state index contributed by atoms with van der Waals surface area (Å²) in [6.07, 6.45) is 2.93. The number of ether oxygens (including phenoxy) is 2. The lowest BCUT2D eigenvalue weighted by atomic mass is 9.82. The molecule has 0 aliphatic heterocycles. The first-order valence-electron chi connectivity index (χ1n) is 10.9. The maximum atomic E-state index is 10.2. The molecule has 5 nitrogen and oxygen atoms in total. The minimum Gasteiger partial charge on any atom is -0.491 e. The van der Waals surface area contributed by atoms with Crippen LogP contribution in [0, 0.1) is 0 Å². The molecule has 1 aliphatic rings. The maximum absolute atomic E-state index is 10.2. The molecule has 0 spiro atoms. The number of rotatable bonds is 9. The van der Waals surface area contributed by atoms with E-state index in [1.165, 1.54) is 34.1 Å². The van der Waals surface area contributed by atoms with Crippen LogP contribution in [0.2, 0.25) is 0 Å². The normalized spacial score (nSPS) is 17.1. The summed E-state index contributed by atoms with van der Waals surface area (Å²) >= 11 is 3.61. The molecular weight excluding hydrogens is 456 g/mol. The van der Waals surface area contributed by atoms with Gasteiger partial charge in [-0.3, -0.25) is 0 Å². The second-order valence-corrected chi connectivity index (χ2v) is 9.36. The molecule has 0 saturated carbocycles. The van der Waals surface area contributed by atoms with Crippen LogP contribution in [0.1, 0.15) is 35.6 Å². The van der Waals surface area contributed by atoms with Crippen LogP contribution >= 0.6 is 15.9 Å². The van der Waals surface area contributed by atoms with Crippen molar-refractivity contribution in [3.8, 4) is 5.75 Å². The molecule has 1 heterocycles. The number of hydrogen-bond acceptors (Lipinski definition) is 4. The Bertz CT molecular complexity index is 1000. The standard InChI is InChI=1S/C25H31BrN2O3/c1-28(12-13-30-2)15-19(29)16-31-20-9-6-17(7-10-20)21-4-3-5-22-23-14-18(26)8-11-24(23)27-25(21)22/h6-11,14,19,21,27,29H,3-5,12-13,15-16H2,1-2H3. The van der Waals surface area contributed by atoms with Crippen LogP contribution < -0.4 is 4.74 Å². The predicted octanol–water partition coefficient (Wildman–Crippen LogP) is 4.72. The van der Waals surface area contributed by atoms with E-state index in [4.69, 9.17) is 9.47 Å². The van der Waals surface area contributed by atoms with Gasteiger partial charge < -0.3 is 24.5 Å². The molecule has 0 radical (unpaired) electrons. The number of hydrogen-bond donors (Lipinski definition) is 2. The maximum Gasteiger partial charge on any atom is 0.119 e. The summed E-state index contributed by atoms with van der Waals surface area (Å²) < 4.78 is 12.0. The first-order valence-corrected chi connectivity index (χ1v) is 11.7. The number of aliphatic hydroxyl groups is 1. The number of H-pyrrole nitrogens is 1. The number of aryl methyl sites for hydroxylation is 1. The lowest BCUT2D eigenvalue weighted by molar-refractivity contribution is 0.0668. The van der Waals surface area contributed by atoms with Crippen molar-refractivity contribution in [3.63, 3.8) is 0 Å². The highest BCUT2D eigenvalue weighted by Gasteiger charge is 2.25. The highest BCUT2D eigenvalue weighted by Crippen LogP contribution is 2.40. The number of nitrogens with zero attached hydrogens (tertiary/aromatic N) is 1. The molecule has 6 heteroatoms. The van der Waals surface area contributed by atoms with E-state index < -0.39 is 6.10 Å². The van der Waals surface area contributed by atoms with Crippen LogP contribution in [0.4, 0.5) is 0 Å². The fraction of sp³-hybridized carbons (Fsp3) is 0.440. The monoisotopic (exact) mass is 486 g/mol. The van der Waals surface area contributed by atoms with Crippen LogP contribution in [0.5, 0.6) is 5.75 Å². The summed E-state index contributed by atoms with van der Waals surface area (Å²) in [6, 6.07) is 14.8. The largest absolute Gasteiger partial charge is 0.491 e. The Morgan fingerprint density at radius 2 is 2.03 bits per heavy atom. The van der Waals surface area contributed by atoms with E-state index in [-0.39, 0.29) is 6.61 Å². The Labute approximate surface area is 192 Å². The Hall–Kier alpha value is -1.86. The van der Waals surface area contributed by atoms with Crippen LogP contribution in [0.25, 0.3) is 10.9 Å². The predicted molar refractivity (Wildman–Crippen MR) is 128 cm³/mol. The van der Waals surface area contributed by atoms with Crippen molar-refractivity contribution in [3.05, 3.63) is 63.8 Å². The van der Waals surface area contributed by atoms with Gasteiger partial charge in [0, 0.05) is 47.2 Å². The zero-order valence-corrected chi connectivity index (χ0v) is 19.8. The van der Waals surface area contributed by atoms with Gasteiger partial charge in [0.15, 0.2) is 0 Å². The molecule has 4 rings (SSSR count). The van der Waals surface area contributed by atoms with Gasteiger partial charge in [0.2, 0.25) is 0 Å². The molecule has 0 bridgehead atoms. The second-order valence-electron chi connectivity index (χ2n) is 8.44. The Morgan fingerprint density at radius 1 is 1.23 bits per heavy atom. The number of nitrogens with one attached hydrogen (secondary N) is 1. The van der Waals surface area contributed by atoms with Gasteiger partial charge in [-0.2, -0.15) is 0 Å². The van der Waals surface area contributed by atoms with Gasteiger partial charge in [-0.05, 0) is 67.8 Å². The van der Waals surface area contributed by atoms with Crippen molar-refractivity contribution in [1.82, 2.24) is 9.88 Å². The molecule has 166 valence electrons. The van der Waals surface area contributed by atoms with Gasteiger partial charge in [-0.15, -0.1) is 0 Å². The number of halogens is 1. The highest BCUT2D eigenvalue weighted by molar-refractivity contribution is 9.10. The molecule has 2 atom stereocenters. The first kappa shape index (κ1) is 22.3. The summed E-state index contributed by atoms with van der Waals surface area (Å²) in [6.45, 7) is 2.28. The molecule has 0 amide bonds. The number of fused-ring (bicyclic) bond motifs is 3. The Morgan fingerprint density at radius 3 is 2.81 bits per heavy atom. The quantitative estimate of drug-likeness (QED) is 0.459. The van der Waals surface area contributed by atoms with Crippen LogP contribution in [0.3, 0.4) is 0 Å². The topological polar surface area (TPSA) is 57.7 Å². The van der Waals surface area contributed by atoms with Crippen molar-refractivity contribution >= 4 is 26.8 Å². The third-order valence-corrected chi connectivity index (χ3v) is 6.59. The van der Waals surface area contributed by atoms with E-state index in [1.54, 1.807) is 7.11 Å². The van der Waals surface area contributed by atoms with E-state index in [0.717, 1.165) is 29.6 Å². The minimum atomic E-state index is -0.534. The van der Waals surface area contributed by atoms with Gasteiger partial charge >= 0.3 is 0 Å². The molecule has 2 N–H and O–H groups in total. The molecule has 1 aromatic heterocycles. The Kier molecular flexibility index (Phi) is 7.33. The summed E-state index contributed by atoms with van der Waals surface area (Å²) in [4.78, 5) is 5.72. The number of aromatic nitrogens is 1. The van der Waals surface area contributed by atoms with Crippen LogP contribution in [0.15, 0.2) is 46.9 Å². The van der Waals surface area contributed by atoms with Crippen molar-refractivity contribution in [2.75, 3.05) is 40.5 Å². The summed E-state index contributed by atoms with van der Waals surface area (Å²) in [5.74, 6) is 1.17. The molecule has 2 unspecified atom stereocenters. The molecule has 0 fully saturated rings. The van der Waals surface area contributed by atoms with Gasteiger partial charge in [0.25, 0.3) is 0 Å². The molecule has 3 aromatic rings. The van der Waals surface area contributed by atoms with Crippen LogP contribution in [-0.4, -0.2) is 61.6 Å². The average molecular weight is 487 g/mol. The van der Waals surface area contributed by atoms with Crippen molar-refractivity contribution < 1.29 is 14.6 Å². The van der Waals surface area contributed by atoms with E-state index >= 15 is 0 Å². The fourth-order valence-corrected chi connectivity index (χ4v) is 4.87. The van der Waals surface area contributed by atoms with Crippen LogP contribution in [-0.2, 0) is 11.2 Å². The smallest absolute Gasteiger partial charge is 0.119 e. The molecule has 0 saturated heterocycles. The van der Waals surface area contributed by atoms with E-state index in [1.807, 2.05) is 24.1 Å². The third-order valence-electron chi connectivity index (χ3n) is 6.09.